The van der Waals surface area contributed by atoms with Gasteiger partial charge in [0.2, 0.25) is 5.89 Å². The molecule has 0 amide bonds. The zero-order chi connectivity index (χ0) is 15.2. The summed E-state index contributed by atoms with van der Waals surface area (Å²) in [5.74, 6) is 0.209. The average Bonchev–Trinajstić information content (AvgIpc) is 2.92. The summed E-state index contributed by atoms with van der Waals surface area (Å²) < 4.78 is 5.16. The summed E-state index contributed by atoms with van der Waals surface area (Å²) in [6.45, 7) is 1.95. The molecule has 1 atom stereocenters. The van der Waals surface area contributed by atoms with Crippen molar-refractivity contribution in [3.8, 4) is 0 Å². The largest absolute Gasteiger partial charge is 0.480 e. The third kappa shape index (κ3) is 4.39. The highest BCUT2D eigenvalue weighted by molar-refractivity contribution is 5.72. The first-order valence-corrected chi connectivity index (χ1v) is 6.84. The van der Waals surface area contributed by atoms with E-state index in [9.17, 15) is 4.79 Å². The van der Waals surface area contributed by atoms with Gasteiger partial charge in [0, 0.05) is 6.42 Å². The quantitative estimate of drug-likeness (QED) is 0.836. The van der Waals surface area contributed by atoms with Gasteiger partial charge in [0.05, 0.1) is 6.54 Å². The topological polar surface area (TPSA) is 79.5 Å². The minimum absolute atomic E-state index is 0.325. The normalized spacial score (nSPS) is 12.5. The van der Waals surface area contributed by atoms with Gasteiger partial charge in [-0.3, -0.25) is 9.69 Å². The lowest BCUT2D eigenvalue weighted by Crippen LogP contribution is -2.35. The number of aliphatic carboxylic acids is 1. The highest BCUT2D eigenvalue weighted by Gasteiger charge is 2.19. The lowest BCUT2D eigenvalue weighted by atomic mass is 10.1. The van der Waals surface area contributed by atoms with Crippen LogP contribution in [-0.4, -0.2) is 39.2 Å². The second kappa shape index (κ2) is 6.99. The van der Waals surface area contributed by atoms with Crippen LogP contribution in [0.15, 0.2) is 34.9 Å². The molecule has 0 aliphatic carbocycles. The van der Waals surface area contributed by atoms with Gasteiger partial charge in [0.15, 0.2) is 5.82 Å². The summed E-state index contributed by atoms with van der Waals surface area (Å²) in [5.41, 5.74) is 1.22. The predicted molar refractivity (Wildman–Crippen MR) is 76.7 cm³/mol. The highest BCUT2D eigenvalue weighted by Crippen LogP contribution is 2.08. The van der Waals surface area contributed by atoms with Crippen molar-refractivity contribution in [3.63, 3.8) is 0 Å². The predicted octanol–water partition coefficient (Wildman–Crippen LogP) is 1.76. The molecule has 1 N–H and O–H groups in total. The van der Waals surface area contributed by atoms with Gasteiger partial charge in [0.1, 0.15) is 6.04 Å². The maximum absolute atomic E-state index is 10.9. The molecular formula is C15H19N3O3. The van der Waals surface area contributed by atoms with E-state index in [4.69, 9.17) is 9.63 Å². The van der Waals surface area contributed by atoms with Gasteiger partial charge >= 0.3 is 5.97 Å². The van der Waals surface area contributed by atoms with E-state index in [2.05, 4.69) is 22.3 Å². The van der Waals surface area contributed by atoms with Gasteiger partial charge in [-0.1, -0.05) is 35.5 Å². The molecule has 6 nitrogen and oxygen atoms in total. The smallest absolute Gasteiger partial charge is 0.320 e. The number of hydrogen-bond acceptors (Lipinski definition) is 5. The van der Waals surface area contributed by atoms with Crippen molar-refractivity contribution < 1.29 is 14.4 Å². The fourth-order valence-electron chi connectivity index (χ4n) is 1.90. The first kappa shape index (κ1) is 15.2. The number of aryl methyl sites for hydroxylation is 2. The van der Waals surface area contributed by atoms with Crippen molar-refractivity contribution >= 4 is 5.97 Å². The first-order valence-electron chi connectivity index (χ1n) is 6.84. The Balaban J connectivity index is 1.88. The zero-order valence-corrected chi connectivity index (χ0v) is 12.2. The second-order valence-electron chi connectivity index (χ2n) is 5.02. The number of aromatic nitrogens is 2. The van der Waals surface area contributed by atoms with E-state index >= 15 is 0 Å². The first-order chi connectivity index (χ1) is 10.1. The Labute approximate surface area is 123 Å². The number of nitrogens with zero attached hydrogens (tertiary/aromatic N) is 3. The van der Waals surface area contributed by atoms with Crippen LogP contribution in [-0.2, 0) is 24.2 Å². The molecule has 0 saturated heterocycles. The van der Waals surface area contributed by atoms with Crippen LogP contribution in [0.3, 0.4) is 0 Å². The van der Waals surface area contributed by atoms with Crippen molar-refractivity contribution in [3.05, 3.63) is 47.6 Å². The Bertz CT molecular complexity index is 583. The van der Waals surface area contributed by atoms with Crippen molar-refractivity contribution in [1.82, 2.24) is 15.0 Å². The molecule has 0 aliphatic heterocycles. The van der Waals surface area contributed by atoms with E-state index in [1.54, 1.807) is 18.9 Å². The summed E-state index contributed by atoms with van der Waals surface area (Å²) in [4.78, 5) is 16.8. The van der Waals surface area contributed by atoms with E-state index in [1.165, 1.54) is 5.56 Å². The molecule has 0 saturated carbocycles. The lowest BCUT2D eigenvalue weighted by Gasteiger charge is -2.18. The fourth-order valence-corrected chi connectivity index (χ4v) is 1.90. The van der Waals surface area contributed by atoms with Crippen LogP contribution >= 0.6 is 0 Å². The molecule has 0 unspecified atom stereocenters. The van der Waals surface area contributed by atoms with Gasteiger partial charge < -0.3 is 9.63 Å². The molecule has 0 aliphatic rings. The lowest BCUT2D eigenvalue weighted by molar-refractivity contribution is -0.142. The Kier molecular flexibility index (Phi) is 5.05. The Morgan fingerprint density at radius 3 is 2.71 bits per heavy atom. The number of likely N-dealkylation sites (N-methyl/N-ethyl adjacent to an activating group) is 1. The fraction of sp³-hybridized carbons (Fsp3) is 0.400. The molecule has 6 heteroatoms. The van der Waals surface area contributed by atoms with Gasteiger partial charge in [-0.15, -0.1) is 0 Å². The Hall–Kier alpha value is -2.21. The number of rotatable bonds is 7. The SMILES string of the molecule is C[C@H](C(=O)O)N(C)Cc1nc(CCc2ccccc2)no1. The third-order valence-electron chi connectivity index (χ3n) is 3.39. The van der Waals surface area contributed by atoms with Crippen LogP contribution in [0, 0.1) is 0 Å². The third-order valence-corrected chi connectivity index (χ3v) is 3.39. The number of benzene rings is 1. The standard InChI is InChI=1S/C15H19N3O3/c1-11(15(19)20)18(2)10-14-16-13(17-21-14)9-8-12-6-4-3-5-7-12/h3-7,11H,8-10H2,1-2H3,(H,19,20)/t11-/m1/s1. The van der Waals surface area contributed by atoms with E-state index in [0.29, 0.717) is 24.7 Å². The van der Waals surface area contributed by atoms with Crippen molar-refractivity contribution in [2.24, 2.45) is 0 Å². The number of carboxylic acid groups (broad SMARTS) is 1. The molecular weight excluding hydrogens is 270 g/mol. The van der Waals surface area contributed by atoms with E-state index in [0.717, 1.165) is 6.42 Å². The second-order valence-corrected chi connectivity index (χ2v) is 5.02. The summed E-state index contributed by atoms with van der Waals surface area (Å²) in [5, 5.41) is 12.9. The van der Waals surface area contributed by atoms with Gasteiger partial charge in [-0.2, -0.15) is 4.98 Å². The number of carbonyl (C=O) groups is 1. The van der Waals surface area contributed by atoms with E-state index in [1.807, 2.05) is 18.2 Å². The Morgan fingerprint density at radius 1 is 1.33 bits per heavy atom. The number of carboxylic acids is 1. The zero-order valence-electron chi connectivity index (χ0n) is 12.2. The van der Waals surface area contributed by atoms with E-state index in [-0.39, 0.29) is 0 Å². The van der Waals surface area contributed by atoms with Crippen molar-refractivity contribution in [2.75, 3.05) is 7.05 Å². The maximum Gasteiger partial charge on any atom is 0.320 e. The average molecular weight is 289 g/mol. The molecule has 0 radical (unpaired) electrons. The summed E-state index contributed by atoms with van der Waals surface area (Å²) in [7, 11) is 1.71. The minimum Gasteiger partial charge on any atom is -0.480 e. The maximum atomic E-state index is 10.9. The van der Waals surface area contributed by atoms with Crippen LogP contribution in [0.4, 0.5) is 0 Å². The van der Waals surface area contributed by atoms with Gasteiger partial charge in [-0.25, -0.2) is 0 Å². The van der Waals surface area contributed by atoms with Crippen LogP contribution in [0.1, 0.15) is 24.2 Å². The molecule has 0 fully saturated rings. The molecule has 21 heavy (non-hydrogen) atoms. The molecule has 2 aromatic rings. The molecule has 1 aromatic heterocycles. The van der Waals surface area contributed by atoms with Crippen LogP contribution in [0.5, 0.6) is 0 Å². The van der Waals surface area contributed by atoms with E-state index < -0.39 is 12.0 Å². The summed E-state index contributed by atoms with van der Waals surface area (Å²) in [6.07, 6.45) is 1.55. The summed E-state index contributed by atoms with van der Waals surface area (Å²) >= 11 is 0. The molecule has 2 rings (SSSR count). The van der Waals surface area contributed by atoms with Gasteiger partial charge in [0.25, 0.3) is 0 Å². The Morgan fingerprint density at radius 2 is 2.05 bits per heavy atom. The number of hydrogen-bond donors (Lipinski definition) is 1. The minimum atomic E-state index is -0.874. The monoisotopic (exact) mass is 289 g/mol. The van der Waals surface area contributed by atoms with Gasteiger partial charge in [-0.05, 0) is 26.0 Å². The van der Waals surface area contributed by atoms with Crippen LogP contribution in [0.2, 0.25) is 0 Å². The molecule has 0 spiro atoms. The summed E-state index contributed by atoms with van der Waals surface area (Å²) in [6, 6.07) is 9.50. The molecule has 0 bridgehead atoms. The van der Waals surface area contributed by atoms with Crippen molar-refractivity contribution in [2.45, 2.75) is 32.4 Å². The molecule has 1 aromatic carbocycles. The molecule has 1 heterocycles. The van der Waals surface area contributed by atoms with Crippen molar-refractivity contribution in [1.29, 1.82) is 0 Å². The highest BCUT2D eigenvalue weighted by atomic mass is 16.5. The van der Waals surface area contributed by atoms with Crippen LogP contribution in [0.25, 0.3) is 0 Å². The van der Waals surface area contributed by atoms with Crippen LogP contribution < -0.4 is 0 Å². The molecule has 112 valence electrons.